The van der Waals surface area contributed by atoms with Gasteiger partial charge in [0.1, 0.15) is 18.2 Å². The van der Waals surface area contributed by atoms with E-state index in [0.717, 1.165) is 15.8 Å². The van der Waals surface area contributed by atoms with Gasteiger partial charge in [-0.2, -0.15) is 0 Å². The Morgan fingerprint density at radius 3 is 2.58 bits per heavy atom. The second-order valence-corrected chi connectivity index (χ2v) is 4.78. The van der Waals surface area contributed by atoms with Crippen LogP contribution >= 0.6 is 28.3 Å². The molecule has 2 aromatic rings. The van der Waals surface area contributed by atoms with Gasteiger partial charge in [-0.15, -0.1) is 12.4 Å². The first kappa shape index (κ1) is 15.5. The van der Waals surface area contributed by atoms with Crippen molar-refractivity contribution in [3.8, 4) is 5.75 Å². The van der Waals surface area contributed by atoms with Gasteiger partial charge in [0, 0.05) is 10.0 Å². The highest BCUT2D eigenvalue weighted by Gasteiger charge is 2.00. The largest absolute Gasteiger partial charge is 0.489 e. The van der Waals surface area contributed by atoms with Crippen LogP contribution < -0.4 is 10.5 Å². The maximum absolute atomic E-state index is 7.39. The van der Waals surface area contributed by atoms with E-state index in [1.54, 1.807) is 0 Å². The molecular weight excluding hydrogens is 328 g/mol. The van der Waals surface area contributed by atoms with E-state index >= 15 is 0 Å². The van der Waals surface area contributed by atoms with Gasteiger partial charge >= 0.3 is 0 Å². The predicted octanol–water partition coefficient (Wildman–Crippen LogP) is 3.73. The van der Waals surface area contributed by atoms with Gasteiger partial charge in [-0.1, -0.05) is 40.2 Å². The lowest BCUT2D eigenvalue weighted by Crippen LogP contribution is -2.11. The quantitative estimate of drug-likeness (QED) is 0.657. The maximum atomic E-state index is 7.39. The Labute approximate surface area is 126 Å². The highest BCUT2D eigenvalue weighted by molar-refractivity contribution is 9.10. The fourth-order valence-electron chi connectivity index (χ4n) is 1.55. The highest BCUT2D eigenvalue weighted by atomic mass is 79.9. The average molecular weight is 342 g/mol. The first-order valence-corrected chi connectivity index (χ1v) is 6.26. The van der Waals surface area contributed by atoms with E-state index in [9.17, 15) is 0 Å². The van der Waals surface area contributed by atoms with Gasteiger partial charge in [0.05, 0.1) is 0 Å². The van der Waals surface area contributed by atoms with Gasteiger partial charge in [-0.05, 0) is 29.8 Å². The van der Waals surface area contributed by atoms with Crippen LogP contribution in [0.4, 0.5) is 0 Å². The Bertz CT molecular complexity index is 575. The zero-order valence-corrected chi connectivity index (χ0v) is 12.5. The van der Waals surface area contributed by atoms with Gasteiger partial charge in [0.2, 0.25) is 0 Å². The standard InChI is InChI=1S/C14H13BrN2O.ClH/c15-12-5-2-6-13(8-12)18-9-10-3-1-4-11(7-10)14(16)17;/h1-8H,9H2,(H3,16,17);1H. The van der Waals surface area contributed by atoms with Crippen molar-refractivity contribution in [1.29, 1.82) is 5.41 Å². The summed E-state index contributed by atoms with van der Waals surface area (Å²) in [6, 6.07) is 15.2. The number of ether oxygens (including phenoxy) is 1. The van der Waals surface area contributed by atoms with Crippen LogP contribution in [0.5, 0.6) is 5.75 Å². The summed E-state index contributed by atoms with van der Waals surface area (Å²) >= 11 is 3.39. The molecule has 0 unspecified atom stereocenters. The summed E-state index contributed by atoms with van der Waals surface area (Å²) in [5.74, 6) is 0.872. The highest BCUT2D eigenvalue weighted by Crippen LogP contribution is 2.19. The zero-order valence-electron chi connectivity index (χ0n) is 10.1. The minimum absolute atomic E-state index is 0. The Morgan fingerprint density at radius 2 is 1.89 bits per heavy atom. The van der Waals surface area contributed by atoms with E-state index in [-0.39, 0.29) is 18.2 Å². The summed E-state index contributed by atoms with van der Waals surface area (Å²) in [5.41, 5.74) is 7.15. The predicted molar refractivity (Wildman–Crippen MR) is 83.2 cm³/mol. The maximum Gasteiger partial charge on any atom is 0.122 e. The topological polar surface area (TPSA) is 59.1 Å². The Balaban J connectivity index is 0.00000180. The molecule has 0 radical (unpaired) electrons. The minimum atomic E-state index is 0. The fraction of sp³-hybridized carbons (Fsp3) is 0.0714. The molecule has 5 heteroatoms. The lowest BCUT2D eigenvalue weighted by Gasteiger charge is -2.07. The van der Waals surface area contributed by atoms with E-state index in [2.05, 4.69) is 15.9 Å². The third-order valence-electron chi connectivity index (χ3n) is 2.44. The van der Waals surface area contributed by atoms with Gasteiger partial charge in [-0.25, -0.2) is 0 Å². The first-order chi connectivity index (χ1) is 8.65. The van der Waals surface area contributed by atoms with Crippen LogP contribution in [0.15, 0.2) is 53.0 Å². The molecule has 0 bridgehead atoms. The molecule has 2 rings (SSSR count). The molecular formula is C14H14BrClN2O. The summed E-state index contributed by atoms with van der Waals surface area (Å²) < 4.78 is 6.65. The van der Waals surface area contributed by atoms with Crippen molar-refractivity contribution in [2.24, 2.45) is 5.73 Å². The Kier molecular flexibility index (Phi) is 5.86. The molecule has 3 nitrogen and oxygen atoms in total. The SMILES string of the molecule is Cl.N=C(N)c1cccc(COc2cccc(Br)c2)c1. The molecule has 2 aromatic carbocycles. The number of hydrogen-bond donors (Lipinski definition) is 2. The van der Waals surface area contributed by atoms with Crippen molar-refractivity contribution in [2.45, 2.75) is 6.61 Å². The van der Waals surface area contributed by atoms with E-state index in [1.807, 2.05) is 48.5 Å². The molecule has 0 aliphatic carbocycles. The smallest absolute Gasteiger partial charge is 0.122 e. The number of hydrogen-bond acceptors (Lipinski definition) is 2. The van der Waals surface area contributed by atoms with E-state index in [1.165, 1.54) is 0 Å². The summed E-state index contributed by atoms with van der Waals surface area (Å²) in [6.07, 6.45) is 0. The zero-order chi connectivity index (χ0) is 13.0. The molecule has 0 atom stereocenters. The number of benzene rings is 2. The van der Waals surface area contributed by atoms with E-state index in [4.69, 9.17) is 15.9 Å². The monoisotopic (exact) mass is 340 g/mol. The molecule has 100 valence electrons. The second kappa shape index (κ2) is 7.16. The van der Waals surface area contributed by atoms with Crippen LogP contribution in [0, 0.1) is 5.41 Å². The summed E-state index contributed by atoms with van der Waals surface area (Å²) in [6.45, 7) is 0.456. The number of rotatable bonds is 4. The van der Waals surface area contributed by atoms with Crippen LogP contribution in [-0.2, 0) is 6.61 Å². The molecule has 0 saturated heterocycles. The second-order valence-electron chi connectivity index (χ2n) is 3.86. The lowest BCUT2D eigenvalue weighted by atomic mass is 10.1. The van der Waals surface area contributed by atoms with Crippen LogP contribution in [0.2, 0.25) is 0 Å². The minimum Gasteiger partial charge on any atom is -0.489 e. The van der Waals surface area contributed by atoms with Gasteiger partial charge in [0.25, 0.3) is 0 Å². The first-order valence-electron chi connectivity index (χ1n) is 5.47. The van der Waals surface area contributed by atoms with Crippen molar-refractivity contribution in [1.82, 2.24) is 0 Å². The molecule has 0 fully saturated rings. The number of nitrogen functional groups attached to an aromatic ring is 1. The van der Waals surface area contributed by atoms with Crippen molar-refractivity contribution >= 4 is 34.2 Å². The van der Waals surface area contributed by atoms with E-state index < -0.39 is 0 Å². The Morgan fingerprint density at radius 1 is 1.16 bits per heavy atom. The molecule has 0 amide bonds. The molecule has 0 spiro atoms. The third-order valence-corrected chi connectivity index (χ3v) is 2.93. The normalized spacial score (nSPS) is 9.53. The number of amidine groups is 1. The van der Waals surface area contributed by atoms with Crippen molar-refractivity contribution in [3.63, 3.8) is 0 Å². The van der Waals surface area contributed by atoms with Crippen molar-refractivity contribution in [2.75, 3.05) is 0 Å². The number of halogens is 2. The molecule has 0 aromatic heterocycles. The Hall–Kier alpha value is -1.52. The number of nitrogens with two attached hydrogens (primary N) is 1. The van der Waals surface area contributed by atoms with Crippen molar-refractivity contribution < 1.29 is 4.74 Å². The molecule has 0 aliphatic heterocycles. The third kappa shape index (κ3) is 4.58. The molecule has 19 heavy (non-hydrogen) atoms. The summed E-state index contributed by atoms with van der Waals surface area (Å²) in [7, 11) is 0. The summed E-state index contributed by atoms with van der Waals surface area (Å²) in [4.78, 5) is 0. The summed E-state index contributed by atoms with van der Waals surface area (Å²) in [5, 5.41) is 7.39. The lowest BCUT2D eigenvalue weighted by molar-refractivity contribution is 0.306. The molecule has 0 aliphatic rings. The fourth-order valence-corrected chi connectivity index (χ4v) is 1.93. The van der Waals surface area contributed by atoms with Crippen LogP contribution in [0.25, 0.3) is 0 Å². The average Bonchev–Trinajstić information content (AvgIpc) is 2.37. The molecule has 3 N–H and O–H groups in total. The van der Waals surface area contributed by atoms with Gasteiger partial charge in [0.15, 0.2) is 0 Å². The molecule has 0 saturated carbocycles. The van der Waals surface area contributed by atoms with Gasteiger partial charge in [-0.3, -0.25) is 5.41 Å². The molecule has 0 heterocycles. The number of nitrogens with one attached hydrogen (secondary N) is 1. The van der Waals surface area contributed by atoms with Crippen LogP contribution in [-0.4, -0.2) is 5.84 Å². The van der Waals surface area contributed by atoms with Crippen molar-refractivity contribution in [3.05, 3.63) is 64.1 Å². The van der Waals surface area contributed by atoms with E-state index in [0.29, 0.717) is 12.2 Å². The van der Waals surface area contributed by atoms with Gasteiger partial charge < -0.3 is 10.5 Å². The van der Waals surface area contributed by atoms with Crippen LogP contribution in [0.1, 0.15) is 11.1 Å². The van der Waals surface area contributed by atoms with Crippen LogP contribution in [0.3, 0.4) is 0 Å².